The van der Waals surface area contributed by atoms with Crippen molar-refractivity contribution >= 4 is 22.8 Å². The molecule has 0 spiro atoms. The van der Waals surface area contributed by atoms with Gasteiger partial charge in [-0.25, -0.2) is 0 Å². The van der Waals surface area contributed by atoms with Crippen LogP contribution in [0, 0.1) is 0 Å². The molecule has 0 aliphatic heterocycles. The summed E-state index contributed by atoms with van der Waals surface area (Å²) in [5, 5.41) is 9.96. The van der Waals surface area contributed by atoms with Crippen LogP contribution in [0.1, 0.15) is 25.3 Å². The molecule has 0 fully saturated rings. The minimum absolute atomic E-state index is 0.103. The second kappa shape index (κ2) is 6.92. The van der Waals surface area contributed by atoms with E-state index < -0.39 is 5.97 Å². The molecule has 0 bridgehead atoms. The molecule has 0 aliphatic carbocycles. The van der Waals surface area contributed by atoms with Crippen molar-refractivity contribution in [2.75, 3.05) is 13.1 Å². The molecule has 1 amide bonds. The lowest BCUT2D eigenvalue weighted by atomic mass is 10.1. The largest absolute Gasteiger partial charge is 0.480 e. The Hall–Kier alpha value is -2.30. The predicted molar refractivity (Wildman–Crippen MR) is 81.1 cm³/mol. The average Bonchev–Trinajstić information content (AvgIpc) is 2.91. The molecule has 0 aliphatic rings. The van der Waals surface area contributed by atoms with E-state index in [-0.39, 0.29) is 12.5 Å². The highest BCUT2D eigenvalue weighted by Crippen LogP contribution is 2.15. The van der Waals surface area contributed by atoms with Gasteiger partial charge in [-0.2, -0.15) is 0 Å². The van der Waals surface area contributed by atoms with Crippen molar-refractivity contribution in [3.8, 4) is 0 Å². The predicted octanol–water partition coefficient (Wildman–Crippen LogP) is 2.42. The van der Waals surface area contributed by atoms with Crippen LogP contribution in [-0.2, 0) is 16.0 Å². The highest BCUT2D eigenvalue weighted by atomic mass is 16.4. The van der Waals surface area contributed by atoms with Gasteiger partial charge in [0.05, 0.1) is 0 Å². The molecular weight excluding hydrogens is 268 g/mol. The van der Waals surface area contributed by atoms with Crippen molar-refractivity contribution < 1.29 is 14.7 Å². The first-order chi connectivity index (χ1) is 10.1. The van der Waals surface area contributed by atoms with E-state index in [1.165, 1.54) is 4.90 Å². The van der Waals surface area contributed by atoms with Gasteiger partial charge in [0.15, 0.2) is 0 Å². The minimum atomic E-state index is -0.967. The second-order valence-electron chi connectivity index (χ2n) is 5.11. The molecule has 2 N–H and O–H groups in total. The molecule has 2 rings (SSSR count). The average molecular weight is 288 g/mol. The fraction of sp³-hybridized carbons (Fsp3) is 0.375. The van der Waals surface area contributed by atoms with E-state index in [2.05, 4.69) is 11.1 Å². The summed E-state index contributed by atoms with van der Waals surface area (Å²) in [4.78, 5) is 27.4. The summed E-state index contributed by atoms with van der Waals surface area (Å²) in [6.07, 6.45) is 3.60. The van der Waals surface area contributed by atoms with Crippen LogP contribution in [0.2, 0.25) is 0 Å². The number of carboxylic acids is 1. The fourth-order valence-corrected chi connectivity index (χ4v) is 2.39. The zero-order chi connectivity index (χ0) is 15.2. The number of carbonyl (C=O) groups excluding carboxylic acids is 1. The van der Waals surface area contributed by atoms with Gasteiger partial charge in [-0.05, 0) is 42.0 Å². The number of carboxylic acid groups (broad SMARTS) is 1. The summed E-state index contributed by atoms with van der Waals surface area (Å²) in [6, 6.07) is 8.04. The fourth-order valence-electron chi connectivity index (χ4n) is 2.39. The molecule has 0 saturated heterocycles. The summed E-state index contributed by atoms with van der Waals surface area (Å²) < 4.78 is 0. The molecule has 0 atom stereocenters. The number of hydrogen-bond donors (Lipinski definition) is 2. The third-order valence-corrected chi connectivity index (χ3v) is 3.42. The lowest BCUT2D eigenvalue weighted by Gasteiger charge is -2.19. The molecule has 2 aromatic rings. The third kappa shape index (κ3) is 4.08. The lowest BCUT2D eigenvalue weighted by molar-refractivity contribution is -0.144. The summed E-state index contributed by atoms with van der Waals surface area (Å²) >= 11 is 0. The molecule has 0 unspecified atom stereocenters. The Kier molecular flexibility index (Phi) is 4.98. The van der Waals surface area contributed by atoms with Gasteiger partial charge in [-0.1, -0.05) is 13.0 Å². The topological polar surface area (TPSA) is 73.4 Å². The molecule has 21 heavy (non-hydrogen) atoms. The summed E-state index contributed by atoms with van der Waals surface area (Å²) in [7, 11) is 0. The van der Waals surface area contributed by atoms with Gasteiger partial charge in [0.2, 0.25) is 5.91 Å². The molecule has 0 radical (unpaired) electrons. The second-order valence-corrected chi connectivity index (χ2v) is 5.11. The number of aliphatic carboxylic acids is 1. The quantitative estimate of drug-likeness (QED) is 0.821. The van der Waals surface area contributed by atoms with E-state index in [0.717, 1.165) is 22.9 Å². The van der Waals surface area contributed by atoms with E-state index >= 15 is 0 Å². The molecule has 0 saturated carbocycles. The van der Waals surface area contributed by atoms with E-state index in [1.807, 2.05) is 31.3 Å². The Bertz CT molecular complexity index is 633. The van der Waals surface area contributed by atoms with Gasteiger partial charge in [0.25, 0.3) is 0 Å². The molecule has 5 heteroatoms. The van der Waals surface area contributed by atoms with E-state index in [9.17, 15) is 9.59 Å². The Morgan fingerprint density at radius 1 is 1.29 bits per heavy atom. The maximum Gasteiger partial charge on any atom is 0.323 e. The van der Waals surface area contributed by atoms with Crippen LogP contribution < -0.4 is 0 Å². The number of aromatic nitrogens is 1. The molecule has 112 valence electrons. The van der Waals surface area contributed by atoms with Crippen LogP contribution >= 0.6 is 0 Å². The number of nitrogens with one attached hydrogen (secondary N) is 1. The standard InChI is InChI=1S/C16H20N2O3/c1-2-9-18(11-16(20)21)15(19)6-4-12-3-5-14-13(10-12)7-8-17-14/h3,5,7-8,10,17H,2,4,6,9,11H2,1H3,(H,20,21). The van der Waals surface area contributed by atoms with Crippen molar-refractivity contribution in [2.24, 2.45) is 0 Å². The maximum atomic E-state index is 12.1. The number of nitrogens with zero attached hydrogens (tertiary/aromatic N) is 1. The Morgan fingerprint density at radius 2 is 2.10 bits per heavy atom. The SMILES string of the molecule is CCCN(CC(=O)O)C(=O)CCc1ccc2[nH]ccc2c1. The molecular formula is C16H20N2O3. The van der Waals surface area contributed by atoms with E-state index in [4.69, 9.17) is 5.11 Å². The number of H-pyrrole nitrogens is 1. The maximum absolute atomic E-state index is 12.1. The number of fused-ring (bicyclic) bond motifs is 1. The first-order valence-corrected chi connectivity index (χ1v) is 7.15. The Morgan fingerprint density at radius 3 is 2.81 bits per heavy atom. The van der Waals surface area contributed by atoms with Gasteiger partial charge in [-0.15, -0.1) is 0 Å². The van der Waals surface area contributed by atoms with Crippen LogP contribution in [0.4, 0.5) is 0 Å². The van der Waals surface area contributed by atoms with Gasteiger partial charge in [-0.3, -0.25) is 9.59 Å². The van der Waals surface area contributed by atoms with Crippen molar-refractivity contribution in [3.63, 3.8) is 0 Å². The molecule has 1 aromatic carbocycles. The highest BCUT2D eigenvalue weighted by Gasteiger charge is 2.15. The van der Waals surface area contributed by atoms with Crippen LogP contribution in [-0.4, -0.2) is 40.0 Å². The zero-order valence-corrected chi connectivity index (χ0v) is 12.1. The monoisotopic (exact) mass is 288 g/mol. The number of benzene rings is 1. The smallest absolute Gasteiger partial charge is 0.323 e. The number of rotatable bonds is 7. The van der Waals surface area contributed by atoms with Crippen LogP contribution in [0.25, 0.3) is 10.9 Å². The van der Waals surface area contributed by atoms with Crippen LogP contribution in [0.3, 0.4) is 0 Å². The Labute approximate surface area is 123 Å². The molecule has 1 aromatic heterocycles. The first-order valence-electron chi connectivity index (χ1n) is 7.15. The normalized spacial score (nSPS) is 10.7. The lowest BCUT2D eigenvalue weighted by Crippen LogP contribution is -2.36. The summed E-state index contributed by atoms with van der Waals surface area (Å²) in [6.45, 7) is 2.20. The number of hydrogen-bond acceptors (Lipinski definition) is 2. The highest BCUT2D eigenvalue weighted by molar-refractivity contribution is 5.82. The van der Waals surface area contributed by atoms with Crippen molar-refractivity contribution in [1.29, 1.82) is 0 Å². The number of carbonyl (C=O) groups is 2. The van der Waals surface area contributed by atoms with Crippen molar-refractivity contribution in [2.45, 2.75) is 26.2 Å². The van der Waals surface area contributed by atoms with Crippen molar-refractivity contribution in [1.82, 2.24) is 9.88 Å². The summed E-state index contributed by atoms with van der Waals surface area (Å²) in [5.41, 5.74) is 2.16. The number of aryl methyl sites for hydroxylation is 1. The minimum Gasteiger partial charge on any atom is -0.480 e. The van der Waals surface area contributed by atoms with Crippen LogP contribution in [0.15, 0.2) is 30.5 Å². The summed E-state index contributed by atoms with van der Waals surface area (Å²) in [5.74, 6) is -1.07. The van der Waals surface area contributed by atoms with E-state index in [1.54, 1.807) is 0 Å². The molecule has 1 heterocycles. The van der Waals surface area contributed by atoms with E-state index in [0.29, 0.717) is 19.4 Å². The van der Waals surface area contributed by atoms with Crippen LogP contribution in [0.5, 0.6) is 0 Å². The van der Waals surface area contributed by atoms with Crippen molar-refractivity contribution in [3.05, 3.63) is 36.0 Å². The van der Waals surface area contributed by atoms with Gasteiger partial charge < -0.3 is 15.0 Å². The third-order valence-electron chi connectivity index (χ3n) is 3.42. The molecule has 5 nitrogen and oxygen atoms in total. The number of amides is 1. The Balaban J connectivity index is 1.96. The van der Waals surface area contributed by atoms with Gasteiger partial charge in [0.1, 0.15) is 6.54 Å². The number of aromatic amines is 1. The zero-order valence-electron chi connectivity index (χ0n) is 12.1. The van der Waals surface area contributed by atoms with Gasteiger partial charge in [0, 0.05) is 24.7 Å². The first kappa shape index (κ1) is 15.1. The van der Waals surface area contributed by atoms with Gasteiger partial charge >= 0.3 is 5.97 Å².